The Morgan fingerprint density at radius 1 is 1.24 bits per heavy atom. The predicted octanol–water partition coefficient (Wildman–Crippen LogP) is 3.39. The molecular formula is C24H17ClN6O3. The average molecular weight is 473 g/mol. The highest BCUT2D eigenvalue weighted by Gasteiger charge is 2.20. The predicted molar refractivity (Wildman–Crippen MR) is 128 cm³/mol. The Labute approximate surface area is 198 Å². The average Bonchev–Trinajstić information content (AvgIpc) is 2.85. The number of nitrogens with one attached hydrogen (secondary N) is 1. The summed E-state index contributed by atoms with van der Waals surface area (Å²) in [6.07, 6.45) is 1.35. The van der Waals surface area contributed by atoms with Gasteiger partial charge in [0.2, 0.25) is 0 Å². The van der Waals surface area contributed by atoms with E-state index < -0.39 is 11.5 Å². The molecule has 168 valence electrons. The molecule has 0 aliphatic rings. The zero-order valence-corrected chi connectivity index (χ0v) is 18.9. The highest BCUT2D eigenvalue weighted by Crippen LogP contribution is 2.23. The molecule has 0 atom stereocenters. The van der Waals surface area contributed by atoms with Crippen molar-refractivity contribution in [1.82, 2.24) is 20.2 Å². The minimum absolute atomic E-state index is 0.107. The minimum Gasteiger partial charge on any atom is -0.497 e. The second kappa shape index (κ2) is 9.52. The van der Waals surface area contributed by atoms with Crippen LogP contribution in [0.2, 0.25) is 5.15 Å². The molecule has 0 spiro atoms. The Morgan fingerprint density at radius 3 is 2.71 bits per heavy atom. The molecule has 0 bridgehead atoms. The zero-order chi connectivity index (χ0) is 24.2. The molecule has 2 aromatic carbocycles. The molecule has 4 rings (SSSR count). The second-order valence-corrected chi connectivity index (χ2v) is 7.50. The maximum Gasteiger partial charge on any atom is 0.292 e. The number of nitriles is 1. The van der Waals surface area contributed by atoms with Crippen LogP contribution in [0.15, 0.2) is 64.5 Å². The Morgan fingerprint density at radius 2 is 2.00 bits per heavy atom. The van der Waals surface area contributed by atoms with Gasteiger partial charge < -0.3 is 4.74 Å². The Balaban J connectivity index is 1.65. The molecule has 2 aromatic heterocycles. The van der Waals surface area contributed by atoms with Crippen LogP contribution in [0.3, 0.4) is 0 Å². The number of carbonyl (C=O) groups excluding carboxylic acids is 1. The molecule has 0 fully saturated rings. The molecular weight excluding hydrogens is 456 g/mol. The van der Waals surface area contributed by atoms with Gasteiger partial charge in [-0.05, 0) is 43.3 Å². The molecule has 34 heavy (non-hydrogen) atoms. The monoisotopic (exact) mass is 472 g/mol. The minimum atomic E-state index is -0.693. The molecule has 0 unspecified atom stereocenters. The van der Waals surface area contributed by atoms with Crippen molar-refractivity contribution in [2.75, 3.05) is 7.11 Å². The number of rotatable bonds is 5. The van der Waals surface area contributed by atoms with Gasteiger partial charge in [0.15, 0.2) is 5.69 Å². The van der Waals surface area contributed by atoms with Crippen molar-refractivity contribution in [3.8, 4) is 17.5 Å². The Bertz CT molecular complexity index is 1540. The van der Waals surface area contributed by atoms with Gasteiger partial charge in [0.25, 0.3) is 11.5 Å². The van der Waals surface area contributed by atoms with E-state index in [2.05, 4.69) is 20.6 Å². The number of benzene rings is 2. The third-order valence-electron chi connectivity index (χ3n) is 5.04. The van der Waals surface area contributed by atoms with Crippen molar-refractivity contribution in [3.05, 3.63) is 92.5 Å². The third kappa shape index (κ3) is 4.35. The van der Waals surface area contributed by atoms with E-state index in [1.165, 1.54) is 13.1 Å². The number of ether oxygens (including phenoxy) is 1. The number of fused-ring (bicyclic) bond motifs is 1. The fourth-order valence-corrected chi connectivity index (χ4v) is 3.47. The van der Waals surface area contributed by atoms with Crippen LogP contribution < -0.4 is 15.7 Å². The van der Waals surface area contributed by atoms with Crippen LogP contribution in [0.4, 0.5) is 0 Å². The zero-order valence-electron chi connectivity index (χ0n) is 18.1. The molecule has 1 N–H and O–H groups in total. The first kappa shape index (κ1) is 22.6. The standard InChI is InChI=1S/C24H17ClN6O3/c1-14-19(12-26)24(33)31(17-6-4-3-5-7-17)30-21(14)23(32)29-27-13-16-10-15-11-18(34-2)8-9-20(15)28-22(16)25/h3-11,13H,1-2H3,(H,29,32). The van der Waals surface area contributed by atoms with Crippen LogP contribution in [-0.4, -0.2) is 34.0 Å². The maximum absolute atomic E-state index is 12.8. The fourth-order valence-electron chi connectivity index (χ4n) is 3.27. The first-order chi connectivity index (χ1) is 16.4. The van der Waals surface area contributed by atoms with Crippen molar-refractivity contribution in [2.24, 2.45) is 5.10 Å². The van der Waals surface area contributed by atoms with Crippen LogP contribution in [0, 0.1) is 18.3 Å². The first-order valence-electron chi connectivity index (χ1n) is 10.00. The van der Waals surface area contributed by atoms with Gasteiger partial charge in [-0.25, -0.2) is 10.4 Å². The van der Waals surface area contributed by atoms with E-state index >= 15 is 0 Å². The summed E-state index contributed by atoms with van der Waals surface area (Å²) in [7, 11) is 1.57. The molecule has 10 heteroatoms. The van der Waals surface area contributed by atoms with Crippen LogP contribution in [0.25, 0.3) is 16.6 Å². The number of hydrogen-bond acceptors (Lipinski definition) is 7. The number of carbonyl (C=O) groups is 1. The Kier molecular flexibility index (Phi) is 6.34. The number of hydrogen-bond donors (Lipinski definition) is 1. The smallest absolute Gasteiger partial charge is 0.292 e. The lowest BCUT2D eigenvalue weighted by atomic mass is 10.1. The topological polar surface area (TPSA) is 122 Å². The molecule has 0 saturated heterocycles. The SMILES string of the molecule is COc1ccc2nc(Cl)c(C=NNC(=O)c3nn(-c4ccccc4)c(=O)c(C#N)c3C)cc2c1. The molecule has 0 aliphatic heterocycles. The highest BCUT2D eigenvalue weighted by atomic mass is 35.5. The Hall–Kier alpha value is -4.55. The summed E-state index contributed by atoms with van der Waals surface area (Å²) in [5.41, 5.74) is 3.20. The van der Waals surface area contributed by atoms with Gasteiger partial charge in [0, 0.05) is 16.5 Å². The van der Waals surface area contributed by atoms with Crippen LogP contribution in [0.1, 0.15) is 27.2 Å². The van der Waals surface area contributed by atoms with Crippen LogP contribution >= 0.6 is 11.6 Å². The van der Waals surface area contributed by atoms with Crippen molar-refractivity contribution < 1.29 is 9.53 Å². The van der Waals surface area contributed by atoms with Crippen LogP contribution in [-0.2, 0) is 0 Å². The molecule has 0 radical (unpaired) electrons. The van der Waals surface area contributed by atoms with Gasteiger partial charge >= 0.3 is 0 Å². The summed E-state index contributed by atoms with van der Waals surface area (Å²) in [6, 6.07) is 17.5. The molecule has 1 amide bonds. The van der Waals surface area contributed by atoms with Crippen molar-refractivity contribution in [1.29, 1.82) is 5.26 Å². The van der Waals surface area contributed by atoms with E-state index in [4.69, 9.17) is 16.3 Å². The number of para-hydroxylation sites is 1. The van der Waals surface area contributed by atoms with Crippen LogP contribution in [0.5, 0.6) is 5.75 Å². The molecule has 2 heterocycles. The highest BCUT2D eigenvalue weighted by molar-refractivity contribution is 6.32. The van der Waals surface area contributed by atoms with E-state index in [0.717, 1.165) is 10.1 Å². The van der Waals surface area contributed by atoms with Gasteiger partial charge in [-0.3, -0.25) is 9.59 Å². The van der Waals surface area contributed by atoms with Gasteiger partial charge in [-0.15, -0.1) is 0 Å². The van der Waals surface area contributed by atoms with Gasteiger partial charge in [0.1, 0.15) is 22.5 Å². The van der Waals surface area contributed by atoms with E-state index in [9.17, 15) is 14.9 Å². The summed E-state index contributed by atoms with van der Waals surface area (Å²) in [4.78, 5) is 29.8. The summed E-state index contributed by atoms with van der Waals surface area (Å²) in [6.45, 7) is 1.48. The first-order valence-corrected chi connectivity index (χ1v) is 10.4. The number of nitrogens with zero attached hydrogens (tertiary/aromatic N) is 5. The van der Waals surface area contributed by atoms with Crippen molar-refractivity contribution >= 4 is 34.6 Å². The van der Waals surface area contributed by atoms with Gasteiger partial charge in [0.05, 0.1) is 24.5 Å². The third-order valence-corrected chi connectivity index (χ3v) is 5.34. The maximum atomic E-state index is 12.8. The lowest BCUT2D eigenvalue weighted by Crippen LogP contribution is -2.31. The lowest BCUT2D eigenvalue weighted by molar-refractivity contribution is 0.0947. The second-order valence-electron chi connectivity index (χ2n) is 7.14. The molecule has 9 nitrogen and oxygen atoms in total. The van der Waals surface area contributed by atoms with E-state index in [-0.39, 0.29) is 22.0 Å². The van der Waals surface area contributed by atoms with Crippen molar-refractivity contribution in [2.45, 2.75) is 6.92 Å². The molecule has 0 saturated carbocycles. The summed E-state index contributed by atoms with van der Waals surface area (Å²) in [5, 5.41) is 18.6. The number of methoxy groups -OCH3 is 1. The van der Waals surface area contributed by atoms with E-state index in [1.807, 2.05) is 6.07 Å². The van der Waals surface area contributed by atoms with Gasteiger partial charge in [-0.2, -0.15) is 20.1 Å². The molecule has 0 aliphatic carbocycles. The fraction of sp³-hybridized carbons (Fsp3) is 0.0833. The number of aromatic nitrogens is 3. The van der Waals surface area contributed by atoms with E-state index in [0.29, 0.717) is 22.5 Å². The van der Waals surface area contributed by atoms with Gasteiger partial charge in [-0.1, -0.05) is 29.8 Å². The summed E-state index contributed by atoms with van der Waals surface area (Å²) in [5.74, 6) is -0.0299. The molecule has 4 aromatic rings. The number of pyridine rings is 1. The lowest BCUT2D eigenvalue weighted by Gasteiger charge is -2.10. The van der Waals surface area contributed by atoms with E-state index in [1.54, 1.807) is 61.7 Å². The normalized spacial score (nSPS) is 10.9. The number of amides is 1. The quantitative estimate of drug-likeness (QED) is 0.270. The van der Waals surface area contributed by atoms with Crippen molar-refractivity contribution in [3.63, 3.8) is 0 Å². The summed E-state index contributed by atoms with van der Waals surface area (Å²) >= 11 is 6.25. The number of hydrazone groups is 1. The number of halogens is 1. The largest absolute Gasteiger partial charge is 0.497 e. The summed E-state index contributed by atoms with van der Waals surface area (Å²) < 4.78 is 6.24.